The minimum absolute atomic E-state index is 0.134. The standard InChI is InChI=1S/C12H21N5/c1-9(2)16-5-3-12(4-6-16)10(13)8-17-11(12)7-14-15-17/h7,9-10H,3-6,8,13H2,1-2H3/t10-/m1/s1. The van der Waals surface area contributed by atoms with E-state index in [1.54, 1.807) is 0 Å². The molecule has 0 unspecified atom stereocenters. The number of nitrogens with zero attached hydrogens (tertiary/aromatic N) is 4. The molecule has 17 heavy (non-hydrogen) atoms. The van der Waals surface area contributed by atoms with Crippen LogP contribution in [-0.2, 0) is 12.0 Å². The Morgan fingerprint density at radius 2 is 2.12 bits per heavy atom. The number of nitrogens with two attached hydrogens (primary N) is 1. The molecule has 5 heteroatoms. The zero-order valence-corrected chi connectivity index (χ0v) is 10.6. The number of fused-ring (bicyclic) bond motifs is 2. The lowest BCUT2D eigenvalue weighted by atomic mass is 9.72. The molecule has 2 aliphatic rings. The van der Waals surface area contributed by atoms with E-state index >= 15 is 0 Å². The first-order valence-electron chi connectivity index (χ1n) is 6.52. The highest BCUT2D eigenvalue weighted by molar-refractivity contribution is 5.23. The van der Waals surface area contributed by atoms with Crippen LogP contribution in [0.25, 0.3) is 0 Å². The summed E-state index contributed by atoms with van der Waals surface area (Å²) in [4.78, 5) is 2.53. The van der Waals surface area contributed by atoms with E-state index in [0.717, 1.165) is 32.5 Å². The first kappa shape index (κ1) is 11.2. The van der Waals surface area contributed by atoms with Crippen LogP contribution in [0.4, 0.5) is 0 Å². The minimum Gasteiger partial charge on any atom is -0.325 e. The van der Waals surface area contributed by atoms with Gasteiger partial charge in [-0.1, -0.05) is 5.21 Å². The van der Waals surface area contributed by atoms with Gasteiger partial charge in [0.15, 0.2) is 0 Å². The maximum Gasteiger partial charge on any atom is 0.0731 e. The van der Waals surface area contributed by atoms with Gasteiger partial charge in [-0.25, -0.2) is 4.68 Å². The summed E-state index contributed by atoms with van der Waals surface area (Å²) in [6, 6.07) is 0.843. The monoisotopic (exact) mass is 235 g/mol. The fraction of sp³-hybridized carbons (Fsp3) is 0.833. The molecule has 2 aliphatic heterocycles. The van der Waals surface area contributed by atoms with Crippen molar-refractivity contribution in [2.75, 3.05) is 13.1 Å². The Morgan fingerprint density at radius 1 is 1.41 bits per heavy atom. The van der Waals surface area contributed by atoms with Gasteiger partial charge in [0.05, 0.1) is 18.4 Å². The lowest BCUT2D eigenvalue weighted by molar-refractivity contribution is 0.120. The van der Waals surface area contributed by atoms with E-state index < -0.39 is 0 Å². The topological polar surface area (TPSA) is 60.0 Å². The van der Waals surface area contributed by atoms with Crippen LogP contribution in [0.1, 0.15) is 32.4 Å². The smallest absolute Gasteiger partial charge is 0.0731 e. The predicted molar refractivity (Wildman–Crippen MR) is 65.6 cm³/mol. The lowest BCUT2D eigenvalue weighted by Crippen LogP contribution is -2.51. The molecule has 1 fully saturated rings. The zero-order valence-electron chi connectivity index (χ0n) is 10.6. The molecule has 0 aliphatic carbocycles. The van der Waals surface area contributed by atoms with E-state index in [9.17, 15) is 0 Å². The summed E-state index contributed by atoms with van der Waals surface area (Å²) in [7, 11) is 0. The van der Waals surface area contributed by atoms with Crippen molar-refractivity contribution in [3.63, 3.8) is 0 Å². The summed E-state index contributed by atoms with van der Waals surface area (Å²) in [6.45, 7) is 7.63. The maximum absolute atomic E-state index is 6.35. The van der Waals surface area contributed by atoms with Crippen LogP contribution >= 0.6 is 0 Å². The van der Waals surface area contributed by atoms with E-state index in [2.05, 4.69) is 29.1 Å². The van der Waals surface area contributed by atoms with Gasteiger partial charge in [-0.2, -0.15) is 0 Å². The Hall–Kier alpha value is -0.940. The summed E-state index contributed by atoms with van der Waals surface area (Å²) >= 11 is 0. The Labute approximate surface area is 102 Å². The minimum atomic E-state index is 0.134. The molecule has 0 saturated carbocycles. The van der Waals surface area contributed by atoms with Crippen molar-refractivity contribution in [2.45, 2.75) is 50.7 Å². The van der Waals surface area contributed by atoms with Gasteiger partial charge in [0.2, 0.25) is 0 Å². The quantitative estimate of drug-likeness (QED) is 0.763. The zero-order chi connectivity index (χ0) is 12.0. The largest absolute Gasteiger partial charge is 0.325 e. The van der Waals surface area contributed by atoms with Crippen LogP contribution in [0.15, 0.2) is 6.20 Å². The second-order valence-electron chi connectivity index (χ2n) is 5.69. The van der Waals surface area contributed by atoms with E-state index in [1.807, 2.05) is 10.9 Å². The molecule has 1 saturated heterocycles. The normalized spacial score (nSPS) is 27.9. The number of piperidine rings is 1. The fourth-order valence-electron chi connectivity index (χ4n) is 3.40. The van der Waals surface area contributed by atoms with Gasteiger partial charge >= 0.3 is 0 Å². The molecule has 1 spiro atoms. The van der Waals surface area contributed by atoms with E-state index in [-0.39, 0.29) is 11.5 Å². The molecule has 0 radical (unpaired) electrons. The lowest BCUT2D eigenvalue weighted by Gasteiger charge is -2.42. The van der Waals surface area contributed by atoms with Crippen LogP contribution in [-0.4, -0.2) is 45.1 Å². The van der Waals surface area contributed by atoms with Gasteiger partial charge in [-0.05, 0) is 39.8 Å². The molecule has 3 rings (SSSR count). The number of likely N-dealkylation sites (tertiary alicyclic amines) is 1. The van der Waals surface area contributed by atoms with Crippen molar-refractivity contribution < 1.29 is 0 Å². The summed E-state index contributed by atoms with van der Waals surface area (Å²) < 4.78 is 2.00. The molecule has 1 aromatic heterocycles. The molecule has 1 aromatic rings. The molecule has 0 amide bonds. The van der Waals surface area contributed by atoms with E-state index in [1.165, 1.54) is 5.69 Å². The summed E-state index contributed by atoms with van der Waals surface area (Å²) in [5.74, 6) is 0. The van der Waals surface area contributed by atoms with Crippen molar-refractivity contribution in [1.82, 2.24) is 19.9 Å². The highest BCUT2D eigenvalue weighted by atomic mass is 15.4. The van der Waals surface area contributed by atoms with Gasteiger partial charge in [-0.3, -0.25) is 0 Å². The average Bonchev–Trinajstić information content (AvgIpc) is 2.85. The predicted octanol–water partition coefficient (Wildman–Crippen LogP) is 0.361. The molecule has 0 bridgehead atoms. The average molecular weight is 235 g/mol. The number of hydrogen-bond donors (Lipinski definition) is 1. The molecular weight excluding hydrogens is 214 g/mol. The van der Waals surface area contributed by atoms with E-state index in [4.69, 9.17) is 5.73 Å². The summed E-state index contributed by atoms with van der Waals surface area (Å²) in [5.41, 5.74) is 7.75. The van der Waals surface area contributed by atoms with Gasteiger partial charge in [-0.15, -0.1) is 5.10 Å². The van der Waals surface area contributed by atoms with Crippen molar-refractivity contribution in [1.29, 1.82) is 0 Å². The Balaban J connectivity index is 1.85. The second-order valence-corrected chi connectivity index (χ2v) is 5.69. The Bertz CT molecular complexity index is 403. The molecule has 3 heterocycles. The van der Waals surface area contributed by atoms with Crippen molar-refractivity contribution in [3.8, 4) is 0 Å². The van der Waals surface area contributed by atoms with Crippen LogP contribution < -0.4 is 5.73 Å². The molecule has 94 valence electrons. The second kappa shape index (κ2) is 3.78. The van der Waals surface area contributed by atoms with Gasteiger partial charge in [0.1, 0.15) is 0 Å². The number of hydrogen-bond acceptors (Lipinski definition) is 4. The molecule has 2 N–H and O–H groups in total. The third-order valence-electron chi connectivity index (χ3n) is 4.63. The van der Waals surface area contributed by atoms with Crippen molar-refractivity contribution in [3.05, 3.63) is 11.9 Å². The molecule has 0 aromatic carbocycles. The molecule has 1 atom stereocenters. The highest BCUT2D eigenvalue weighted by Gasteiger charge is 2.48. The van der Waals surface area contributed by atoms with Crippen molar-refractivity contribution in [2.24, 2.45) is 5.73 Å². The van der Waals surface area contributed by atoms with Gasteiger partial charge < -0.3 is 10.6 Å². The Morgan fingerprint density at radius 3 is 2.76 bits per heavy atom. The third kappa shape index (κ3) is 1.52. The van der Waals surface area contributed by atoms with Crippen LogP contribution in [0, 0.1) is 0 Å². The molecular formula is C12H21N5. The number of aromatic nitrogens is 3. The fourth-order valence-corrected chi connectivity index (χ4v) is 3.40. The first-order valence-corrected chi connectivity index (χ1v) is 6.52. The van der Waals surface area contributed by atoms with Gasteiger partial charge in [0.25, 0.3) is 0 Å². The Kier molecular flexibility index (Phi) is 2.48. The summed E-state index contributed by atoms with van der Waals surface area (Å²) in [5, 5.41) is 8.15. The van der Waals surface area contributed by atoms with E-state index in [0.29, 0.717) is 6.04 Å². The SMILES string of the molecule is CC(C)N1CCC2(CC1)c1cnnn1C[C@H]2N. The number of rotatable bonds is 1. The maximum atomic E-state index is 6.35. The highest BCUT2D eigenvalue weighted by Crippen LogP contribution is 2.42. The van der Waals surface area contributed by atoms with Crippen LogP contribution in [0.3, 0.4) is 0 Å². The molecule has 5 nitrogen and oxygen atoms in total. The third-order valence-corrected chi connectivity index (χ3v) is 4.63. The van der Waals surface area contributed by atoms with Gasteiger partial charge in [0, 0.05) is 17.5 Å². The van der Waals surface area contributed by atoms with Crippen molar-refractivity contribution >= 4 is 0 Å². The first-order chi connectivity index (χ1) is 8.13. The summed E-state index contributed by atoms with van der Waals surface area (Å²) in [6.07, 6.45) is 4.19. The van der Waals surface area contributed by atoms with Crippen LogP contribution in [0.2, 0.25) is 0 Å². The van der Waals surface area contributed by atoms with Crippen LogP contribution in [0.5, 0.6) is 0 Å².